The van der Waals surface area contributed by atoms with Gasteiger partial charge in [0.15, 0.2) is 11.5 Å². The highest BCUT2D eigenvalue weighted by molar-refractivity contribution is 6.25. The predicted octanol–water partition coefficient (Wildman–Crippen LogP) is 1.24. The van der Waals surface area contributed by atoms with Crippen molar-refractivity contribution in [2.24, 2.45) is 11.8 Å². The van der Waals surface area contributed by atoms with Gasteiger partial charge in [-0.2, -0.15) is 0 Å². The fourth-order valence-corrected chi connectivity index (χ4v) is 5.61. The molecule has 1 aromatic rings. The molecule has 0 spiro atoms. The Morgan fingerprint density at radius 1 is 1.08 bits per heavy atom. The number of amides is 2. The summed E-state index contributed by atoms with van der Waals surface area (Å²) in [6.45, 7) is 2.03. The van der Waals surface area contributed by atoms with Crippen molar-refractivity contribution >= 4 is 40.8 Å². The second-order valence-corrected chi connectivity index (χ2v) is 9.47. The number of rotatable bonds is 3. The van der Waals surface area contributed by atoms with Crippen LogP contribution in [0.1, 0.15) is 37.8 Å². The van der Waals surface area contributed by atoms with E-state index in [1.807, 2.05) is 5.32 Å². The van der Waals surface area contributed by atoms with Crippen molar-refractivity contribution in [3.63, 3.8) is 0 Å². The molecule has 0 bridgehead atoms. The third-order valence-corrected chi connectivity index (χ3v) is 6.95. The van der Waals surface area contributed by atoms with Gasteiger partial charge in [0.1, 0.15) is 17.1 Å². The Morgan fingerprint density at radius 2 is 1.75 bits per heavy atom. The molecular formula is C25H26N2O9. The monoisotopic (exact) mass is 498 g/mol. The number of aliphatic hydroxyl groups is 2. The zero-order valence-corrected chi connectivity index (χ0v) is 20.2. The van der Waals surface area contributed by atoms with Gasteiger partial charge in [-0.05, 0) is 36.5 Å². The zero-order chi connectivity index (χ0) is 26.7. The Labute approximate surface area is 206 Å². The second kappa shape index (κ2) is 8.51. The van der Waals surface area contributed by atoms with Crippen molar-refractivity contribution in [3.8, 4) is 5.75 Å². The number of ketones is 2. The van der Waals surface area contributed by atoms with Gasteiger partial charge >= 0.3 is 5.97 Å². The Morgan fingerprint density at radius 3 is 2.33 bits per heavy atom. The van der Waals surface area contributed by atoms with Crippen LogP contribution >= 0.6 is 0 Å². The molecule has 3 aliphatic rings. The van der Waals surface area contributed by atoms with Crippen molar-refractivity contribution in [1.29, 1.82) is 0 Å². The zero-order valence-electron chi connectivity index (χ0n) is 20.2. The normalized spacial score (nSPS) is 25.0. The molecule has 3 aliphatic carbocycles. The quantitative estimate of drug-likeness (QED) is 0.351. The second-order valence-electron chi connectivity index (χ2n) is 9.47. The van der Waals surface area contributed by atoms with E-state index in [0.29, 0.717) is 11.3 Å². The number of phenolic OH excluding ortho intramolecular Hbond substituents is 1. The number of benzene rings is 1. The number of esters is 1. The van der Waals surface area contributed by atoms with E-state index in [0.717, 1.165) is 13.8 Å². The third-order valence-electron chi connectivity index (χ3n) is 6.95. The first kappa shape index (κ1) is 25.0. The van der Waals surface area contributed by atoms with Gasteiger partial charge in [0.25, 0.3) is 5.91 Å². The van der Waals surface area contributed by atoms with Gasteiger partial charge in [0.2, 0.25) is 17.3 Å². The molecule has 11 heteroatoms. The van der Waals surface area contributed by atoms with Gasteiger partial charge < -0.3 is 25.0 Å². The molecule has 0 heterocycles. The number of hydrogen-bond acceptors (Lipinski definition) is 10. The van der Waals surface area contributed by atoms with E-state index in [4.69, 9.17) is 4.74 Å². The largest absolute Gasteiger partial charge is 0.507 e. The third kappa shape index (κ3) is 3.53. The molecule has 0 saturated heterocycles. The number of hydrogen-bond donors (Lipinski definition) is 4. The molecule has 3 atom stereocenters. The molecule has 1 fully saturated rings. The van der Waals surface area contributed by atoms with Crippen LogP contribution in [0.15, 0.2) is 29.0 Å². The molecule has 0 aliphatic heterocycles. The Bertz CT molecular complexity index is 1310. The first-order valence-electron chi connectivity index (χ1n) is 11.3. The smallest absolute Gasteiger partial charge is 0.304 e. The Kier molecular flexibility index (Phi) is 5.90. The van der Waals surface area contributed by atoms with Gasteiger partial charge in [-0.3, -0.25) is 29.3 Å². The number of carbonyl (C=O) groups is 5. The van der Waals surface area contributed by atoms with Crippen LogP contribution in [0.2, 0.25) is 0 Å². The lowest BCUT2D eigenvalue weighted by atomic mass is 9.59. The number of Topliss-reactive ketones (excluding diaryl/α,β-unsaturated/α-hetero) is 2. The van der Waals surface area contributed by atoms with Crippen molar-refractivity contribution in [2.45, 2.75) is 38.7 Å². The number of nitrogens with zero attached hydrogens (tertiary/aromatic N) is 1. The summed E-state index contributed by atoms with van der Waals surface area (Å²) < 4.78 is 5.39. The molecule has 2 amide bonds. The lowest BCUT2D eigenvalue weighted by Gasteiger charge is -2.48. The van der Waals surface area contributed by atoms with E-state index in [1.165, 1.54) is 6.07 Å². The number of aromatic hydroxyl groups is 1. The van der Waals surface area contributed by atoms with Crippen molar-refractivity contribution in [2.75, 3.05) is 19.0 Å². The van der Waals surface area contributed by atoms with E-state index >= 15 is 0 Å². The number of ether oxygens (including phenoxy) is 1. The minimum atomic E-state index is -2.45. The van der Waals surface area contributed by atoms with Crippen molar-refractivity contribution < 1.29 is 44.0 Å². The van der Waals surface area contributed by atoms with Crippen LogP contribution in [-0.2, 0) is 35.1 Å². The van der Waals surface area contributed by atoms with Gasteiger partial charge in [-0.25, -0.2) is 0 Å². The molecule has 0 unspecified atom stereocenters. The molecule has 1 saturated carbocycles. The number of phenols is 1. The van der Waals surface area contributed by atoms with Crippen LogP contribution in [0.25, 0.3) is 5.76 Å². The first-order chi connectivity index (χ1) is 16.8. The van der Waals surface area contributed by atoms with E-state index in [1.54, 1.807) is 25.1 Å². The average molecular weight is 498 g/mol. The van der Waals surface area contributed by atoms with Crippen LogP contribution in [0.3, 0.4) is 0 Å². The standard InChI is InChI=1S/C25H26N2O9/c1-10(28)26-24(35)20-17(31)9-13-7-12-8-14-15(27(3)4)5-6-16(30)19(14)21(32)18(12)22(33)25(13,23(20)34)36-11(2)29/h5-6,12-13,30,32,34H,7-9H2,1-4H3,(H,26,28,35)/t12-,13+,25+/m1/s1. The summed E-state index contributed by atoms with van der Waals surface area (Å²) in [5.74, 6) is -8.33. The number of aliphatic hydroxyl groups excluding tert-OH is 2. The van der Waals surface area contributed by atoms with Gasteiger partial charge in [-0.1, -0.05) is 0 Å². The van der Waals surface area contributed by atoms with Crippen LogP contribution < -0.4 is 10.2 Å². The van der Waals surface area contributed by atoms with Gasteiger partial charge in [-0.15, -0.1) is 0 Å². The first-order valence-corrected chi connectivity index (χ1v) is 11.3. The van der Waals surface area contributed by atoms with Gasteiger partial charge in [0.05, 0.1) is 5.56 Å². The average Bonchev–Trinajstić information content (AvgIpc) is 2.74. The number of fused-ring (bicyclic) bond motifs is 3. The number of carbonyl (C=O) groups excluding carboxylic acids is 5. The summed E-state index contributed by atoms with van der Waals surface area (Å²) in [6, 6.07) is 3.06. The summed E-state index contributed by atoms with van der Waals surface area (Å²) >= 11 is 0. The van der Waals surface area contributed by atoms with Crippen LogP contribution in [0.4, 0.5) is 5.69 Å². The summed E-state index contributed by atoms with van der Waals surface area (Å²) in [7, 11) is 3.58. The minimum absolute atomic E-state index is 0.0436. The summed E-state index contributed by atoms with van der Waals surface area (Å²) in [4.78, 5) is 64.8. The number of anilines is 1. The number of nitrogens with one attached hydrogen (secondary N) is 1. The predicted molar refractivity (Wildman–Crippen MR) is 125 cm³/mol. The molecule has 0 aromatic heterocycles. The molecule has 4 N–H and O–H groups in total. The number of imide groups is 1. The summed E-state index contributed by atoms with van der Waals surface area (Å²) in [6.07, 6.45) is -0.134. The Hall–Kier alpha value is -4.15. The lowest BCUT2D eigenvalue weighted by molar-refractivity contribution is -0.175. The fraction of sp³-hybridized carbons (Fsp3) is 0.400. The maximum Gasteiger partial charge on any atom is 0.304 e. The maximum atomic E-state index is 14.0. The summed E-state index contributed by atoms with van der Waals surface area (Å²) in [5.41, 5.74) is -2.13. The van der Waals surface area contributed by atoms with Gasteiger partial charge in [0, 0.05) is 51.5 Å². The molecule has 190 valence electrons. The van der Waals surface area contributed by atoms with Crippen LogP contribution in [0.5, 0.6) is 5.75 Å². The highest BCUT2D eigenvalue weighted by atomic mass is 16.6. The highest BCUT2D eigenvalue weighted by Crippen LogP contribution is 2.54. The van der Waals surface area contributed by atoms with Crippen LogP contribution in [0, 0.1) is 11.8 Å². The molecule has 0 radical (unpaired) electrons. The molecule has 11 nitrogen and oxygen atoms in total. The van der Waals surface area contributed by atoms with Crippen molar-refractivity contribution in [3.05, 3.63) is 40.2 Å². The van der Waals surface area contributed by atoms with Crippen LogP contribution in [-0.4, -0.2) is 64.4 Å². The van der Waals surface area contributed by atoms with E-state index < -0.39 is 70.3 Å². The van der Waals surface area contributed by atoms with E-state index in [9.17, 15) is 39.3 Å². The molecule has 1 aromatic carbocycles. The Balaban J connectivity index is 1.97. The molecule has 4 rings (SSSR count). The van der Waals surface area contributed by atoms with E-state index in [2.05, 4.69) is 0 Å². The molecule has 36 heavy (non-hydrogen) atoms. The minimum Gasteiger partial charge on any atom is -0.507 e. The fourth-order valence-electron chi connectivity index (χ4n) is 5.61. The summed E-state index contributed by atoms with van der Waals surface area (Å²) in [5, 5.41) is 34.8. The highest BCUT2D eigenvalue weighted by Gasteiger charge is 2.63. The van der Waals surface area contributed by atoms with Crippen molar-refractivity contribution in [1.82, 2.24) is 5.32 Å². The topological polar surface area (TPSA) is 171 Å². The SMILES string of the molecule is CC(=O)NC(=O)C1=C(O)[C@@]2(OC(C)=O)C(=O)C3=C(O)c4c(O)ccc(N(C)C)c4C[C@H]3C[C@H]2CC1=O. The lowest BCUT2D eigenvalue weighted by Crippen LogP contribution is -2.60. The maximum absolute atomic E-state index is 14.0. The molecular weight excluding hydrogens is 472 g/mol. The van der Waals surface area contributed by atoms with E-state index in [-0.39, 0.29) is 29.7 Å².